The van der Waals surface area contributed by atoms with Gasteiger partial charge in [-0.3, -0.25) is 0 Å². The summed E-state index contributed by atoms with van der Waals surface area (Å²) < 4.78 is 0. The van der Waals surface area contributed by atoms with E-state index < -0.39 is 0 Å². The molecule has 0 unspecified atom stereocenters. The van der Waals surface area contributed by atoms with Crippen molar-refractivity contribution in [2.45, 2.75) is 51.9 Å². The minimum Gasteiger partial charge on any atom is -0.0628 e. The molecule has 0 heteroatoms. The van der Waals surface area contributed by atoms with Crippen molar-refractivity contribution in [2.75, 3.05) is 0 Å². The lowest BCUT2D eigenvalue weighted by Gasteiger charge is -2.19. The summed E-state index contributed by atoms with van der Waals surface area (Å²) in [5.74, 6) is 1.59. The van der Waals surface area contributed by atoms with Gasteiger partial charge in [-0.05, 0) is 41.2 Å². The van der Waals surface area contributed by atoms with Gasteiger partial charge in [0.2, 0.25) is 0 Å². The van der Waals surface area contributed by atoms with Crippen LogP contribution in [0.15, 0.2) is 24.3 Å². The molecule has 0 nitrogen and oxygen atoms in total. The molecule has 0 saturated carbocycles. The summed E-state index contributed by atoms with van der Waals surface area (Å²) in [6.45, 7) is 9.42. The molecule has 82 valence electrons. The van der Waals surface area contributed by atoms with Crippen LogP contribution in [-0.2, 0) is 5.41 Å². The molecule has 1 aliphatic carbocycles. The largest absolute Gasteiger partial charge is 0.0628 e. The zero-order valence-corrected chi connectivity index (χ0v) is 10.4. The first-order valence-electron chi connectivity index (χ1n) is 6.10. The average molecular weight is 202 g/mol. The number of hydrogen-bond donors (Lipinski definition) is 0. The lowest BCUT2D eigenvalue weighted by molar-refractivity contribution is 0.422. The highest BCUT2D eigenvalue weighted by molar-refractivity contribution is 5.41. The highest BCUT2D eigenvalue weighted by Gasteiger charge is 2.36. The first kappa shape index (κ1) is 10.7. The first-order chi connectivity index (χ1) is 7.00. The Morgan fingerprint density at radius 2 is 1.93 bits per heavy atom. The van der Waals surface area contributed by atoms with Gasteiger partial charge in [-0.1, -0.05) is 52.0 Å². The lowest BCUT2D eigenvalue weighted by atomic mass is 9.85. The number of fused-ring (bicyclic) bond motifs is 1. The van der Waals surface area contributed by atoms with Crippen molar-refractivity contribution < 1.29 is 0 Å². The molecular weight excluding hydrogens is 180 g/mol. The summed E-state index contributed by atoms with van der Waals surface area (Å²) in [5, 5.41) is 0. The van der Waals surface area contributed by atoms with Gasteiger partial charge in [0.1, 0.15) is 0 Å². The molecule has 15 heavy (non-hydrogen) atoms. The summed E-state index contributed by atoms with van der Waals surface area (Å²) in [7, 11) is 0. The van der Waals surface area contributed by atoms with Gasteiger partial charge in [-0.2, -0.15) is 0 Å². The second-order valence-electron chi connectivity index (χ2n) is 6.00. The molecule has 0 fully saturated rings. The van der Waals surface area contributed by atoms with Crippen molar-refractivity contribution in [1.29, 1.82) is 0 Å². The maximum Gasteiger partial charge on any atom is -0.00949 e. The van der Waals surface area contributed by atoms with Crippen LogP contribution in [0.5, 0.6) is 0 Å². The SMILES string of the molecule is CC(C)C[C@@H]1CC(C)(C)c2ccccc21. The number of rotatable bonds is 2. The van der Waals surface area contributed by atoms with E-state index in [2.05, 4.69) is 52.0 Å². The Morgan fingerprint density at radius 3 is 2.60 bits per heavy atom. The van der Waals surface area contributed by atoms with E-state index in [0.29, 0.717) is 5.41 Å². The lowest BCUT2D eigenvalue weighted by Crippen LogP contribution is -2.12. The molecule has 2 rings (SSSR count). The molecule has 1 aliphatic rings. The Balaban J connectivity index is 2.34. The van der Waals surface area contributed by atoms with E-state index >= 15 is 0 Å². The van der Waals surface area contributed by atoms with Crippen LogP contribution in [-0.4, -0.2) is 0 Å². The Hall–Kier alpha value is -0.780. The Kier molecular flexibility index (Phi) is 2.62. The third-order valence-electron chi connectivity index (χ3n) is 3.64. The fraction of sp³-hybridized carbons (Fsp3) is 0.600. The molecule has 0 saturated heterocycles. The first-order valence-corrected chi connectivity index (χ1v) is 6.10. The topological polar surface area (TPSA) is 0 Å². The fourth-order valence-electron chi connectivity index (χ4n) is 3.08. The van der Waals surface area contributed by atoms with Crippen LogP contribution in [0, 0.1) is 5.92 Å². The molecule has 0 spiro atoms. The van der Waals surface area contributed by atoms with Crippen molar-refractivity contribution >= 4 is 0 Å². The minimum atomic E-state index is 0.385. The van der Waals surface area contributed by atoms with Crippen LogP contribution < -0.4 is 0 Å². The molecular formula is C15H22. The Bertz CT molecular complexity index is 347. The second kappa shape index (κ2) is 3.66. The van der Waals surface area contributed by atoms with Crippen molar-refractivity contribution in [2.24, 2.45) is 5.92 Å². The second-order valence-corrected chi connectivity index (χ2v) is 6.00. The molecule has 0 amide bonds. The Morgan fingerprint density at radius 1 is 1.27 bits per heavy atom. The molecule has 0 aliphatic heterocycles. The monoisotopic (exact) mass is 202 g/mol. The quantitative estimate of drug-likeness (QED) is 0.662. The van der Waals surface area contributed by atoms with Gasteiger partial charge in [-0.25, -0.2) is 0 Å². The van der Waals surface area contributed by atoms with Crippen LogP contribution >= 0.6 is 0 Å². The van der Waals surface area contributed by atoms with E-state index in [0.717, 1.165) is 11.8 Å². The molecule has 0 N–H and O–H groups in total. The van der Waals surface area contributed by atoms with Gasteiger partial charge in [0.15, 0.2) is 0 Å². The third kappa shape index (κ3) is 1.95. The smallest absolute Gasteiger partial charge is 0.00949 e. The number of hydrogen-bond acceptors (Lipinski definition) is 0. The summed E-state index contributed by atoms with van der Waals surface area (Å²) in [5.41, 5.74) is 3.57. The van der Waals surface area contributed by atoms with Gasteiger partial charge in [0.25, 0.3) is 0 Å². The van der Waals surface area contributed by atoms with Gasteiger partial charge < -0.3 is 0 Å². The van der Waals surface area contributed by atoms with Crippen LogP contribution in [0.4, 0.5) is 0 Å². The van der Waals surface area contributed by atoms with Gasteiger partial charge in [0, 0.05) is 0 Å². The summed E-state index contributed by atoms with van der Waals surface area (Å²) >= 11 is 0. The van der Waals surface area contributed by atoms with Crippen LogP contribution in [0.3, 0.4) is 0 Å². The van der Waals surface area contributed by atoms with Crippen molar-refractivity contribution in [3.8, 4) is 0 Å². The van der Waals surface area contributed by atoms with Crippen LogP contribution in [0.1, 0.15) is 57.6 Å². The fourth-order valence-corrected chi connectivity index (χ4v) is 3.08. The highest BCUT2D eigenvalue weighted by Crippen LogP contribution is 2.47. The summed E-state index contributed by atoms with van der Waals surface area (Å²) in [4.78, 5) is 0. The van der Waals surface area contributed by atoms with E-state index in [9.17, 15) is 0 Å². The Labute approximate surface area is 93.7 Å². The van der Waals surface area contributed by atoms with Crippen LogP contribution in [0.25, 0.3) is 0 Å². The van der Waals surface area contributed by atoms with Crippen LogP contribution in [0.2, 0.25) is 0 Å². The third-order valence-corrected chi connectivity index (χ3v) is 3.64. The van der Waals surface area contributed by atoms with Gasteiger partial charge >= 0.3 is 0 Å². The number of benzene rings is 1. The van der Waals surface area contributed by atoms with Crippen molar-refractivity contribution in [1.82, 2.24) is 0 Å². The molecule has 0 aromatic heterocycles. The predicted molar refractivity (Wildman–Crippen MR) is 66.3 cm³/mol. The predicted octanol–water partition coefficient (Wildman–Crippen LogP) is 4.50. The maximum absolute atomic E-state index is 2.38. The van der Waals surface area contributed by atoms with Crippen molar-refractivity contribution in [3.63, 3.8) is 0 Å². The highest BCUT2D eigenvalue weighted by atomic mass is 14.4. The molecule has 1 aromatic carbocycles. The van der Waals surface area contributed by atoms with E-state index in [1.807, 2.05) is 0 Å². The maximum atomic E-state index is 2.38. The summed E-state index contributed by atoms with van der Waals surface area (Å²) in [6.07, 6.45) is 2.66. The summed E-state index contributed by atoms with van der Waals surface area (Å²) in [6, 6.07) is 9.01. The standard InChI is InChI=1S/C15H22/c1-11(2)9-12-10-15(3,4)14-8-6-5-7-13(12)14/h5-8,11-12H,9-10H2,1-4H3/t12-/m1/s1. The van der Waals surface area contributed by atoms with E-state index in [-0.39, 0.29) is 0 Å². The molecule has 0 bridgehead atoms. The normalized spacial score (nSPS) is 23.1. The zero-order valence-electron chi connectivity index (χ0n) is 10.4. The molecule has 0 radical (unpaired) electrons. The molecule has 0 heterocycles. The molecule has 1 aromatic rings. The van der Waals surface area contributed by atoms with E-state index in [1.54, 1.807) is 11.1 Å². The average Bonchev–Trinajstić information content (AvgIpc) is 2.39. The van der Waals surface area contributed by atoms with Gasteiger partial charge in [0.05, 0.1) is 0 Å². The zero-order chi connectivity index (χ0) is 11.1. The van der Waals surface area contributed by atoms with Crippen molar-refractivity contribution in [3.05, 3.63) is 35.4 Å². The van der Waals surface area contributed by atoms with E-state index in [4.69, 9.17) is 0 Å². The minimum absolute atomic E-state index is 0.385. The van der Waals surface area contributed by atoms with E-state index in [1.165, 1.54) is 12.8 Å². The van der Waals surface area contributed by atoms with Gasteiger partial charge in [-0.15, -0.1) is 0 Å². The molecule has 1 atom stereocenters.